The van der Waals surface area contributed by atoms with Gasteiger partial charge in [0.2, 0.25) is 0 Å². The number of piperidine rings is 1. The van der Waals surface area contributed by atoms with Crippen molar-refractivity contribution in [2.45, 2.75) is 70.6 Å². The van der Waals surface area contributed by atoms with Gasteiger partial charge in [-0.15, -0.1) is 0 Å². The fourth-order valence-corrected chi connectivity index (χ4v) is 4.54. The SMILES string of the molecule is CC(C)N1CC2CCCC(C1)C2NCC1(C)CCCO1. The van der Waals surface area contributed by atoms with Crippen LogP contribution in [0.3, 0.4) is 0 Å². The van der Waals surface area contributed by atoms with Crippen LogP contribution in [0, 0.1) is 11.8 Å². The van der Waals surface area contributed by atoms with Crippen LogP contribution < -0.4 is 5.32 Å². The summed E-state index contributed by atoms with van der Waals surface area (Å²) in [6.07, 6.45) is 6.72. The molecule has 2 heterocycles. The third kappa shape index (κ3) is 3.05. The van der Waals surface area contributed by atoms with Crippen LogP contribution in [0.1, 0.15) is 52.9 Å². The second kappa shape index (κ2) is 5.94. The maximum Gasteiger partial charge on any atom is 0.0779 e. The van der Waals surface area contributed by atoms with Crippen LogP contribution in [0.2, 0.25) is 0 Å². The van der Waals surface area contributed by atoms with Crippen molar-refractivity contribution in [1.82, 2.24) is 10.2 Å². The van der Waals surface area contributed by atoms with Gasteiger partial charge in [-0.25, -0.2) is 0 Å². The minimum atomic E-state index is 0.101. The number of nitrogens with one attached hydrogen (secondary N) is 1. The van der Waals surface area contributed by atoms with E-state index in [2.05, 4.69) is 31.0 Å². The summed E-state index contributed by atoms with van der Waals surface area (Å²) in [6, 6.07) is 1.44. The van der Waals surface area contributed by atoms with Crippen molar-refractivity contribution >= 4 is 0 Å². The van der Waals surface area contributed by atoms with E-state index in [4.69, 9.17) is 4.74 Å². The molecular weight excluding hydrogens is 248 g/mol. The highest BCUT2D eigenvalue weighted by atomic mass is 16.5. The normalized spacial score (nSPS) is 42.3. The lowest BCUT2D eigenvalue weighted by Crippen LogP contribution is -2.59. The van der Waals surface area contributed by atoms with Gasteiger partial charge < -0.3 is 15.0 Å². The Morgan fingerprint density at radius 2 is 1.90 bits per heavy atom. The molecule has 2 saturated heterocycles. The Kier molecular flexibility index (Phi) is 4.40. The van der Waals surface area contributed by atoms with E-state index in [0.717, 1.165) is 31.0 Å². The number of rotatable bonds is 4. The summed E-state index contributed by atoms with van der Waals surface area (Å²) < 4.78 is 5.94. The van der Waals surface area contributed by atoms with Crippen molar-refractivity contribution in [2.75, 3.05) is 26.2 Å². The summed E-state index contributed by atoms with van der Waals surface area (Å²) in [7, 11) is 0. The standard InChI is InChI=1S/C17H32N2O/c1-13(2)19-10-14-6-4-7-15(11-19)16(14)18-12-17(3)8-5-9-20-17/h13-16,18H,4-12H2,1-3H3. The Labute approximate surface area is 124 Å². The minimum absolute atomic E-state index is 0.101. The molecule has 1 saturated carbocycles. The Morgan fingerprint density at radius 1 is 1.20 bits per heavy atom. The maximum atomic E-state index is 5.94. The van der Waals surface area contributed by atoms with Gasteiger partial charge >= 0.3 is 0 Å². The van der Waals surface area contributed by atoms with Crippen LogP contribution in [0.15, 0.2) is 0 Å². The molecule has 3 heteroatoms. The first kappa shape index (κ1) is 14.8. The molecule has 0 spiro atoms. The number of hydrogen-bond acceptors (Lipinski definition) is 3. The number of fused-ring (bicyclic) bond motifs is 2. The van der Waals surface area contributed by atoms with Gasteiger partial charge in [0.05, 0.1) is 5.60 Å². The number of hydrogen-bond donors (Lipinski definition) is 1. The fourth-order valence-electron chi connectivity index (χ4n) is 4.54. The van der Waals surface area contributed by atoms with Gasteiger partial charge in [-0.2, -0.15) is 0 Å². The second-order valence-electron chi connectivity index (χ2n) is 7.81. The molecule has 20 heavy (non-hydrogen) atoms. The van der Waals surface area contributed by atoms with Gasteiger partial charge in [-0.3, -0.25) is 0 Å². The highest BCUT2D eigenvalue weighted by Crippen LogP contribution is 2.36. The molecule has 3 unspecified atom stereocenters. The Hall–Kier alpha value is -0.120. The zero-order valence-corrected chi connectivity index (χ0v) is 13.5. The highest BCUT2D eigenvalue weighted by molar-refractivity contribution is 4.97. The molecule has 3 aliphatic rings. The molecule has 3 nitrogen and oxygen atoms in total. The van der Waals surface area contributed by atoms with Crippen LogP contribution in [0.4, 0.5) is 0 Å². The predicted molar refractivity (Wildman–Crippen MR) is 82.9 cm³/mol. The lowest BCUT2D eigenvalue weighted by molar-refractivity contribution is -0.00594. The van der Waals surface area contributed by atoms with E-state index in [1.165, 1.54) is 45.2 Å². The van der Waals surface area contributed by atoms with Crippen LogP contribution in [-0.4, -0.2) is 48.8 Å². The number of likely N-dealkylation sites (tertiary alicyclic amines) is 1. The molecule has 1 aliphatic carbocycles. The van der Waals surface area contributed by atoms with Crippen LogP contribution in [-0.2, 0) is 4.74 Å². The number of ether oxygens (including phenoxy) is 1. The van der Waals surface area contributed by atoms with E-state index in [1.54, 1.807) is 0 Å². The summed E-state index contributed by atoms with van der Waals surface area (Å²) in [6.45, 7) is 11.6. The van der Waals surface area contributed by atoms with Gasteiger partial charge in [-0.05, 0) is 58.3 Å². The second-order valence-corrected chi connectivity index (χ2v) is 7.81. The Bertz CT molecular complexity index is 311. The van der Waals surface area contributed by atoms with Crippen molar-refractivity contribution in [2.24, 2.45) is 11.8 Å². The van der Waals surface area contributed by atoms with Crippen molar-refractivity contribution < 1.29 is 4.74 Å². The van der Waals surface area contributed by atoms with Crippen molar-refractivity contribution in [3.63, 3.8) is 0 Å². The first-order chi connectivity index (χ1) is 9.57. The molecule has 0 radical (unpaired) electrons. The van der Waals surface area contributed by atoms with Crippen molar-refractivity contribution in [3.8, 4) is 0 Å². The molecule has 2 bridgehead atoms. The largest absolute Gasteiger partial charge is 0.374 e. The lowest BCUT2D eigenvalue weighted by Gasteiger charge is -2.49. The number of nitrogens with zero attached hydrogens (tertiary/aromatic N) is 1. The highest BCUT2D eigenvalue weighted by Gasteiger charge is 2.41. The minimum Gasteiger partial charge on any atom is -0.374 e. The molecule has 3 rings (SSSR count). The molecular formula is C17H32N2O. The monoisotopic (exact) mass is 280 g/mol. The molecule has 0 aromatic rings. The molecule has 3 atom stereocenters. The zero-order valence-electron chi connectivity index (χ0n) is 13.5. The van der Waals surface area contributed by atoms with E-state index in [1.807, 2.05) is 0 Å². The van der Waals surface area contributed by atoms with Crippen LogP contribution in [0.25, 0.3) is 0 Å². The third-order valence-corrected chi connectivity index (χ3v) is 5.85. The molecule has 0 amide bonds. The van der Waals surface area contributed by atoms with E-state index in [9.17, 15) is 0 Å². The quantitative estimate of drug-likeness (QED) is 0.857. The molecule has 0 aromatic carbocycles. The van der Waals surface area contributed by atoms with Gasteiger partial charge in [0, 0.05) is 38.3 Å². The zero-order chi connectivity index (χ0) is 14.2. The van der Waals surface area contributed by atoms with Gasteiger partial charge in [0.25, 0.3) is 0 Å². The predicted octanol–water partition coefficient (Wildman–Crippen LogP) is 2.65. The van der Waals surface area contributed by atoms with E-state index in [0.29, 0.717) is 6.04 Å². The molecule has 2 aliphatic heterocycles. The first-order valence-electron chi connectivity index (χ1n) is 8.69. The average molecular weight is 280 g/mol. The van der Waals surface area contributed by atoms with Gasteiger partial charge in [0.15, 0.2) is 0 Å². The molecule has 3 fully saturated rings. The molecule has 0 aromatic heterocycles. The van der Waals surface area contributed by atoms with Gasteiger partial charge in [0.1, 0.15) is 0 Å². The van der Waals surface area contributed by atoms with E-state index < -0.39 is 0 Å². The van der Waals surface area contributed by atoms with Crippen LogP contribution >= 0.6 is 0 Å². The topological polar surface area (TPSA) is 24.5 Å². The van der Waals surface area contributed by atoms with Crippen molar-refractivity contribution in [1.29, 1.82) is 0 Å². The first-order valence-corrected chi connectivity index (χ1v) is 8.69. The van der Waals surface area contributed by atoms with E-state index in [-0.39, 0.29) is 5.60 Å². The van der Waals surface area contributed by atoms with Gasteiger partial charge in [-0.1, -0.05) is 6.42 Å². The molecule has 1 N–H and O–H groups in total. The summed E-state index contributed by atoms with van der Waals surface area (Å²) in [4.78, 5) is 2.69. The summed E-state index contributed by atoms with van der Waals surface area (Å²) >= 11 is 0. The Morgan fingerprint density at radius 3 is 2.45 bits per heavy atom. The van der Waals surface area contributed by atoms with Crippen LogP contribution in [0.5, 0.6) is 0 Å². The summed E-state index contributed by atoms with van der Waals surface area (Å²) in [5.41, 5.74) is 0.101. The molecule has 116 valence electrons. The average Bonchev–Trinajstić information content (AvgIpc) is 2.82. The maximum absolute atomic E-state index is 5.94. The third-order valence-electron chi connectivity index (χ3n) is 5.85. The summed E-state index contributed by atoms with van der Waals surface area (Å²) in [5.74, 6) is 1.71. The Balaban J connectivity index is 1.59. The van der Waals surface area contributed by atoms with Crippen molar-refractivity contribution in [3.05, 3.63) is 0 Å². The lowest BCUT2D eigenvalue weighted by atomic mass is 9.73. The fraction of sp³-hybridized carbons (Fsp3) is 1.00. The van der Waals surface area contributed by atoms with E-state index >= 15 is 0 Å². The smallest absolute Gasteiger partial charge is 0.0779 e. The summed E-state index contributed by atoms with van der Waals surface area (Å²) in [5, 5.41) is 3.91.